The molecular formula is C16H14O3. The molecule has 0 unspecified atom stereocenters. The number of para-hydroxylation sites is 1. The van der Waals surface area contributed by atoms with E-state index in [4.69, 9.17) is 9.47 Å². The van der Waals surface area contributed by atoms with Gasteiger partial charge in [-0.1, -0.05) is 48.5 Å². The van der Waals surface area contributed by atoms with Crippen molar-refractivity contribution in [1.82, 2.24) is 0 Å². The Hall–Kier alpha value is -2.55. The molecule has 0 aliphatic rings. The summed E-state index contributed by atoms with van der Waals surface area (Å²) in [6.07, 6.45) is 0. The van der Waals surface area contributed by atoms with Crippen LogP contribution in [0.3, 0.4) is 0 Å². The van der Waals surface area contributed by atoms with Gasteiger partial charge in [-0.3, -0.25) is 4.79 Å². The van der Waals surface area contributed by atoms with Gasteiger partial charge in [0.05, 0.1) is 0 Å². The molecule has 0 fully saturated rings. The molecule has 0 saturated carbocycles. The maximum atomic E-state index is 10.6. The third-order valence-electron chi connectivity index (χ3n) is 2.54. The van der Waals surface area contributed by atoms with Crippen molar-refractivity contribution in [3.05, 3.63) is 72.0 Å². The van der Waals surface area contributed by atoms with Crippen LogP contribution in [0.15, 0.2) is 66.4 Å². The highest BCUT2D eigenvalue weighted by atomic mass is 16.5. The lowest BCUT2D eigenvalue weighted by molar-refractivity contribution is -0.122. The highest BCUT2D eigenvalue weighted by Crippen LogP contribution is 2.22. The fraction of sp³-hybridized carbons (Fsp3) is 0.0625. The average Bonchev–Trinajstić information content (AvgIpc) is 2.46. The summed E-state index contributed by atoms with van der Waals surface area (Å²) in [5.41, 5.74) is 0.794. The lowest BCUT2D eigenvalue weighted by Crippen LogP contribution is -2.00. The number of hydrogen-bond donors (Lipinski definition) is 0. The van der Waals surface area contributed by atoms with Crippen LogP contribution in [0.1, 0.15) is 12.5 Å². The van der Waals surface area contributed by atoms with Crippen molar-refractivity contribution in [3.63, 3.8) is 0 Å². The number of ether oxygens (including phenoxy) is 2. The van der Waals surface area contributed by atoms with E-state index in [-0.39, 0.29) is 0 Å². The summed E-state index contributed by atoms with van der Waals surface area (Å²) >= 11 is 0. The number of rotatable bonds is 5. The predicted octanol–water partition coefficient (Wildman–Crippen LogP) is 3.63. The quantitative estimate of drug-likeness (QED) is 0.603. The molecule has 0 aliphatic heterocycles. The second kappa shape index (κ2) is 6.40. The van der Waals surface area contributed by atoms with Crippen molar-refractivity contribution < 1.29 is 14.3 Å². The minimum Gasteiger partial charge on any atom is -0.458 e. The Kier molecular flexibility index (Phi) is 4.34. The van der Waals surface area contributed by atoms with E-state index >= 15 is 0 Å². The first kappa shape index (κ1) is 12.9. The van der Waals surface area contributed by atoms with Crippen LogP contribution in [0.2, 0.25) is 0 Å². The fourth-order valence-corrected chi connectivity index (χ4v) is 1.70. The second-order valence-corrected chi connectivity index (χ2v) is 3.88. The first-order valence-corrected chi connectivity index (χ1v) is 5.91. The number of carbonyl (C=O) groups is 1. The molecule has 96 valence electrons. The molecule has 0 radical (unpaired) electrons. The summed E-state index contributed by atoms with van der Waals surface area (Å²) in [5.74, 6) is 1.65. The molecule has 2 rings (SSSR count). The summed E-state index contributed by atoms with van der Waals surface area (Å²) in [4.78, 5) is 10.6. The van der Waals surface area contributed by atoms with Crippen molar-refractivity contribution in [2.45, 2.75) is 6.92 Å². The normalized spacial score (nSPS) is 11.4. The largest absolute Gasteiger partial charge is 0.458 e. The number of carbonyl (C=O) groups excluding carboxylic acids is 1. The van der Waals surface area contributed by atoms with Crippen LogP contribution in [-0.2, 0) is 9.53 Å². The first-order valence-electron chi connectivity index (χ1n) is 5.91. The third-order valence-corrected chi connectivity index (χ3v) is 2.54. The SMILES string of the molecule is CC(Oc1ccccc1)=C(OC=O)c1ccccc1. The zero-order valence-corrected chi connectivity index (χ0v) is 10.6. The van der Waals surface area contributed by atoms with Crippen molar-refractivity contribution in [3.8, 4) is 5.75 Å². The Morgan fingerprint density at radius 3 is 2.11 bits per heavy atom. The topological polar surface area (TPSA) is 35.5 Å². The molecule has 0 saturated heterocycles. The molecule has 3 heteroatoms. The van der Waals surface area contributed by atoms with Gasteiger partial charge >= 0.3 is 0 Å². The highest BCUT2D eigenvalue weighted by Gasteiger charge is 2.09. The number of benzene rings is 2. The lowest BCUT2D eigenvalue weighted by atomic mass is 10.2. The highest BCUT2D eigenvalue weighted by molar-refractivity contribution is 5.67. The van der Waals surface area contributed by atoms with E-state index in [1.165, 1.54) is 0 Å². The molecule has 0 amide bonds. The van der Waals surface area contributed by atoms with E-state index in [0.717, 1.165) is 5.56 Å². The van der Waals surface area contributed by atoms with Crippen LogP contribution in [0.25, 0.3) is 5.76 Å². The molecule has 0 heterocycles. The van der Waals surface area contributed by atoms with Crippen molar-refractivity contribution in [2.24, 2.45) is 0 Å². The van der Waals surface area contributed by atoms with E-state index in [2.05, 4.69) is 0 Å². The molecular weight excluding hydrogens is 240 g/mol. The summed E-state index contributed by atoms with van der Waals surface area (Å²) in [6.45, 7) is 2.17. The van der Waals surface area contributed by atoms with Crippen LogP contribution in [0.5, 0.6) is 5.75 Å². The van der Waals surface area contributed by atoms with Gasteiger partial charge in [-0.15, -0.1) is 0 Å². The van der Waals surface area contributed by atoms with Crippen LogP contribution in [-0.4, -0.2) is 6.47 Å². The Morgan fingerprint density at radius 2 is 1.53 bits per heavy atom. The van der Waals surface area contributed by atoms with Crippen LogP contribution < -0.4 is 4.74 Å². The van der Waals surface area contributed by atoms with Gasteiger partial charge < -0.3 is 9.47 Å². The van der Waals surface area contributed by atoms with Gasteiger partial charge in [-0.2, -0.15) is 0 Å². The van der Waals surface area contributed by atoms with Crippen LogP contribution in [0, 0.1) is 0 Å². The zero-order chi connectivity index (χ0) is 13.5. The maximum absolute atomic E-state index is 10.6. The molecule has 3 nitrogen and oxygen atoms in total. The Bertz CT molecular complexity index is 559. The van der Waals surface area contributed by atoms with E-state index in [0.29, 0.717) is 23.7 Å². The summed E-state index contributed by atoms with van der Waals surface area (Å²) in [5, 5.41) is 0. The minimum atomic E-state index is 0.403. The van der Waals surface area contributed by atoms with Gasteiger partial charge in [0.25, 0.3) is 6.47 Å². The van der Waals surface area contributed by atoms with Gasteiger partial charge in [0.2, 0.25) is 0 Å². The minimum absolute atomic E-state index is 0.403. The summed E-state index contributed by atoms with van der Waals surface area (Å²) in [6, 6.07) is 18.7. The average molecular weight is 254 g/mol. The molecule has 2 aromatic carbocycles. The molecule has 0 aliphatic carbocycles. The summed E-state index contributed by atoms with van der Waals surface area (Å²) in [7, 11) is 0. The Balaban J connectivity index is 2.31. The van der Waals surface area contributed by atoms with E-state index in [1.54, 1.807) is 6.92 Å². The standard InChI is InChI=1S/C16H14O3/c1-13(19-15-10-6-3-7-11-15)16(18-12-17)14-8-4-2-5-9-14/h2-12H,1H3. The van der Waals surface area contributed by atoms with E-state index < -0.39 is 0 Å². The predicted molar refractivity (Wildman–Crippen MR) is 73.3 cm³/mol. The number of allylic oxidation sites excluding steroid dienone is 1. The maximum Gasteiger partial charge on any atom is 0.298 e. The monoisotopic (exact) mass is 254 g/mol. The van der Waals surface area contributed by atoms with Crippen LogP contribution >= 0.6 is 0 Å². The fourth-order valence-electron chi connectivity index (χ4n) is 1.70. The molecule has 0 atom stereocenters. The second-order valence-electron chi connectivity index (χ2n) is 3.88. The number of hydrogen-bond acceptors (Lipinski definition) is 3. The van der Waals surface area contributed by atoms with Gasteiger partial charge in [-0.25, -0.2) is 0 Å². The smallest absolute Gasteiger partial charge is 0.298 e. The van der Waals surface area contributed by atoms with E-state index in [1.807, 2.05) is 60.7 Å². The van der Waals surface area contributed by atoms with Gasteiger partial charge in [0.15, 0.2) is 5.76 Å². The Labute approximate surface area is 112 Å². The zero-order valence-electron chi connectivity index (χ0n) is 10.6. The molecule has 0 aromatic heterocycles. The lowest BCUT2D eigenvalue weighted by Gasteiger charge is -2.11. The van der Waals surface area contributed by atoms with Crippen LogP contribution in [0.4, 0.5) is 0 Å². The molecule has 2 aromatic rings. The molecule has 0 N–H and O–H groups in total. The van der Waals surface area contributed by atoms with Crippen molar-refractivity contribution >= 4 is 12.2 Å². The molecule has 0 spiro atoms. The van der Waals surface area contributed by atoms with Gasteiger partial charge in [-0.05, 0) is 19.1 Å². The molecule has 19 heavy (non-hydrogen) atoms. The van der Waals surface area contributed by atoms with E-state index in [9.17, 15) is 4.79 Å². The van der Waals surface area contributed by atoms with Crippen molar-refractivity contribution in [1.29, 1.82) is 0 Å². The third kappa shape index (κ3) is 3.45. The summed E-state index contributed by atoms with van der Waals surface area (Å²) < 4.78 is 10.7. The van der Waals surface area contributed by atoms with Crippen molar-refractivity contribution in [2.75, 3.05) is 0 Å². The molecule has 0 bridgehead atoms. The first-order chi connectivity index (χ1) is 9.31. The van der Waals surface area contributed by atoms with Gasteiger partial charge in [0.1, 0.15) is 11.5 Å². The van der Waals surface area contributed by atoms with Gasteiger partial charge in [0, 0.05) is 5.56 Å². The Morgan fingerprint density at radius 1 is 0.947 bits per heavy atom.